The summed E-state index contributed by atoms with van der Waals surface area (Å²) in [6.07, 6.45) is -2.70. The number of benzene rings is 2. The van der Waals surface area contributed by atoms with E-state index in [1.165, 1.54) is 12.1 Å². The number of nitrogens with zero attached hydrogens (tertiary/aromatic N) is 2. The highest BCUT2D eigenvalue weighted by Crippen LogP contribution is 2.32. The largest absolute Gasteiger partial charge is 0.416 e. The minimum Gasteiger partial charge on any atom is -0.308 e. The first kappa shape index (κ1) is 21.4. The van der Waals surface area contributed by atoms with E-state index < -0.39 is 17.8 Å². The van der Waals surface area contributed by atoms with E-state index in [0.717, 1.165) is 34.4 Å². The van der Waals surface area contributed by atoms with Crippen LogP contribution in [0.15, 0.2) is 60.8 Å². The number of carbonyl (C=O) groups excluding carboxylic acids is 1. The number of rotatable bonds is 3. The molecule has 32 heavy (non-hydrogen) atoms. The molecular weight excluding hydrogens is 417 g/mol. The zero-order chi connectivity index (χ0) is 23.0. The summed E-state index contributed by atoms with van der Waals surface area (Å²) in [7, 11) is 0. The molecule has 8 heteroatoms. The maximum atomic E-state index is 13.0. The van der Waals surface area contributed by atoms with Gasteiger partial charge in [0, 0.05) is 17.4 Å². The molecule has 0 unspecified atom stereocenters. The van der Waals surface area contributed by atoms with Crippen molar-refractivity contribution in [1.29, 1.82) is 0 Å². The van der Waals surface area contributed by atoms with Gasteiger partial charge >= 0.3 is 12.2 Å². The first-order chi connectivity index (χ1) is 15.1. The van der Waals surface area contributed by atoms with Crippen LogP contribution in [0.3, 0.4) is 0 Å². The molecule has 4 rings (SSSR count). The Balaban J connectivity index is 1.71. The monoisotopic (exact) mass is 438 g/mol. The molecule has 2 amide bonds. The van der Waals surface area contributed by atoms with E-state index in [1.807, 2.05) is 51.1 Å². The highest BCUT2D eigenvalue weighted by Gasteiger charge is 2.30. The van der Waals surface area contributed by atoms with E-state index in [1.54, 1.807) is 10.6 Å². The fraction of sp³-hybridized carbons (Fsp3) is 0.167. The van der Waals surface area contributed by atoms with Crippen LogP contribution in [0.5, 0.6) is 0 Å². The number of carbonyl (C=O) groups is 1. The third kappa shape index (κ3) is 4.44. The normalized spacial score (nSPS) is 11.6. The molecule has 0 atom stereocenters. The van der Waals surface area contributed by atoms with Crippen molar-refractivity contribution < 1.29 is 18.0 Å². The van der Waals surface area contributed by atoms with Gasteiger partial charge in [-0.1, -0.05) is 23.3 Å². The molecule has 2 aromatic heterocycles. The van der Waals surface area contributed by atoms with Gasteiger partial charge in [-0.2, -0.15) is 13.2 Å². The van der Waals surface area contributed by atoms with Crippen LogP contribution < -0.4 is 10.6 Å². The van der Waals surface area contributed by atoms with E-state index in [2.05, 4.69) is 10.6 Å². The number of urea groups is 1. The van der Waals surface area contributed by atoms with E-state index in [9.17, 15) is 18.0 Å². The van der Waals surface area contributed by atoms with Crippen molar-refractivity contribution in [2.24, 2.45) is 0 Å². The number of imidazole rings is 1. The SMILES string of the molecule is Cc1cc(C)cc(-c2nc3cc(C)ccn3c2NC(=O)Nc2cccc(C(F)(F)F)c2)c1. The van der Waals surface area contributed by atoms with Gasteiger partial charge < -0.3 is 5.32 Å². The van der Waals surface area contributed by atoms with E-state index >= 15 is 0 Å². The fourth-order valence-electron chi connectivity index (χ4n) is 3.62. The molecule has 0 aliphatic heterocycles. The van der Waals surface area contributed by atoms with E-state index in [-0.39, 0.29) is 5.69 Å². The Hall–Kier alpha value is -3.81. The Bertz CT molecular complexity index is 1300. The van der Waals surface area contributed by atoms with Gasteiger partial charge in [-0.15, -0.1) is 0 Å². The van der Waals surface area contributed by atoms with Gasteiger partial charge in [0.15, 0.2) is 0 Å². The summed E-state index contributed by atoms with van der Waals surface area (Å²) in [5, 5.41) is 5.25. The number of pyridine rings is 1. The standard InChI is InChI=1S/C24H21F3N4O/c1-14-7-8-31-20(12-14)29-21(17-10-15(2)9-16(3)11-17)22(31)30-23(32)28-19-6-4-5-18(13-19)24(25,26)27/h4-13H,1-3H3,(H2,28,30,32). The molecule has 2 N–H and O–H groups in total. The van der Waals surface area contributed by atoms with E-state index in [4.69, 9.17) is 4.98 Å². The minimum atomic E-state index is -4.50. The summed E-state index contributed by atoms with van der Waals surface area (Å²) < 4.78 is 40.7. The highest BCUT2D eigenvalue weighted by atomic mass is 19.4. The topological polar surface area (TPSA) is 58.4 Å². The zero-order valence-corrected chi connectivity index (χ0v) is 17.7. The number of hydrogen-bond donors (Lipinski definition) is 2. The van der Waals surface area contributed by atoms with Crippen molar-refractivity contribution in [1.82, 2.24) is 9.38 Å². The number of amides is 2. The molecule has 2 heterocycles. The van der Waals surface area contributed by atoms with Crippen LogP contribution in [0.25, 0.3) is 16.9 Å². The maximum absolute atomic E-state index is 13.0. The van der Waals surface area contributed by atoms with Crippen LogP contribution >= 0.6 is 0 Å². The van der Waals surface area contributed by atoms with Gasteiger partial charge in [0.05, 0.1) is 5.56 Å². The summed E-state index contributed by atoms with van der Waals surface area (Å²) in [4.78, 5) is 17.4. The number of nitrogens with one attached hydrogen (secondary N) is 2. The lowest BCUT2D eigenvalue weighted by Crippen LogP contribution is -2.21. The summed E-state index contributed by atoms with van der Waals surface area (Å²) in [5.74, 6) is 0.425. The second kappa shape index (κ2) is 8.03. The molecule has 0 saturated heterocycles. The van der Waals surface area contributed by atoms with Crippen molar-refractivity contribution >= 4 is 23.2 Å². The van der Waals surface area contributed by atoms with Crippen molar-refractivity contribution in [3.05, 3.63) is 83.0 Å². The summed E-state index contributed by atoms with van der Waals surface area (Å²) >= 11 is 0. The quantitative estimate of drug-likeness (QED) is 0.379. The van der Waals surface area contributed by atoms with Crippen molar-refractivity contribution in [3.8, 4) is 11.3 Å². The van der Waals surface area contributed by atoms with Crippen molar-refractivity contribution in [2.45, 2.75) is 26.9 Å². The second-order valence-corrected chi connectivity index (χ2v) is 7.78. The molecule has 0 spiro atoms. The number of aryl methyl sites for hydroxylation is 3. The average Bonchev–Trinajstić information content (AvgIpc) is 3.04. The Morgan fingerprint density at radius 3 is 2.31 bits per heavy atom. The average molecular weight is 438 g/mol. The Labute approximate surface area is 182 Å². The Morgan fingerprint density at radius 2 is 1.62 bits per heavy atom. The first-order valence-electron chi connectivity index (χ1n) is 9.93. The highest BCUT2D eigenvalue weighted by molar-refractivity contribution is 6.01. The predicted octanol–water partition coefficient (Wildman–Crippen LogP) is 6.59. The van der Waals surface area contributed by atoms with Gasteiger partial charge in [0.1, 0.15) is 17.2 Å². The predicted molar refractivity (Wildman–Crippen MR) is 119 cm³/mol. The number of halogens is 3. The zero-order valence-electron chi connectivity index (χ0n) is 17.7. The molecule has 0 saturated carbocycles. The van der Waals surface area contributed by atoms with Gasteiger partial charge in [-0.25, -0.2) is 9.78 Å². The van der Waals surface area contributed by atoms with Crippen LogP contribution in [-0.4, -0.2) is 15.4 Å². The molecule has 0 aliphatic carbocycles. The van der Waals surface area contributed by atoms with Gasteiger partial charge in [0.2, 0.25) is 0 Å². The molecular formula is C24H21F3N4O. The molecule has 4 aromatic rings. The van der Waals surface area contributed by atoms with Crippen molar-refractivity contribution in [3.63, 3.8) is 0 Å². The first-order valence-corrected chi connectivity index (χ1v) is 9.93. The number of aromatic nitrogens is 2. The van der Waals surface area contributed by atoms with Crippen LogP contribution in [0.1, 0.15) is 22.3 Å². The number of fused-ring (bicyclic) bond motifs is 1. The summed E-state index contributed by atoms with van der Waals surface area (Å²) in [6.45, 7) is 5.90. The lowest BCUT2D eigenvalue weighted by Gasteiger charge is -2.12. The Morgan fingerprint density at radius 1 is 0.906 bits per heavy atom. The fourth-order valence-corrected chi connectivity index (χ4v) is 3.62. The molecule has 2 aromatic carbocycles. The maximum Gasteiger partial charge on any atom is 0.416 e. The molecule has 164 valence electrons. The Kier molecular flexibility index (Phi) is 5.38. The lowest BCUT2D eigenvalue weighted by molar-refractivity contribution is -0.137. The minimum absolute atomic E-state index is 0.0370. The third-order valence-corrected chi connectivity index (χ3v) is 4.96. The molecule has 0 fully saturated rings. The second-order valence-electron chi connectivity index (χ2n) is 7.78. The van der Waals surface area contributed by atoms with E-state index in [0.29, 0.717) is 17.2 Å². The van der Waals surface area contributed by atoms with Gasteiger partial charge in [0.25, 0.3) is 0 Å². The number of hydrogen-bond acceptors (Lipinski definition) is 2. The lowest BCUT2D eigenvalue weighted by atomic mass is 10.1. The molecule has 5 nitrogen and oxygen atoms in total. The van der Waals surface area contributed by atoms with Gasteiger partial charge in [-0.05, 0) is 68.8 Å². The summed E-state index contributed by atoms with van der Waals surface area (Å²) in [5.41, 5.74) is 4.36. The number of alkyl halides is 3. The summed E-state index contributed by atoms with van der Waals surface area (Å²) in [6, 6.07) is 13.6. The smallest absolute Gasteiger partial charge is 0.308 e. The van der Waals surface area contributed by atoms with Crippen LogP contribution in [0.2, 0.25) is 0 Å². The van der Waals surface area contributed by atoms with Crippen LogP contribution in [0, 0.1) is 20.8 Å². The van der Waals surface area contributed by atoms with Crippen LogP contribution in [-0.2, 0) is 6.18 Å². The van der Waals surface area contributed by atoms with Gasteiger partial charge in [-0.3, -0.25) is 9.72 Å². The number of anilines is 2. The van der Waals surface area contributed by atoms with Crippen LogP contribution in [0.4, 0.5) is 29.5 Å². The van der Waals surface area contributed by atoms with Crippen molar-refractivity contribution in [2.75, 3.05) is 10.6 Å². The molecule has 0 aliphatic rings. The molecule has 0 bridgehead atoms. The third-order valence-electron chi connectivity index (χ3n) is 4.96. The molecule has 0 radical (unpaired) electrons.